The molecule has 1 saturated heterocycles. The van der Waals surface area contributed by atoms with Gasteiger partial charge in [-0.15, -0.1) is 0 Å². The fourth-order valence-electron chi connectivity index (χ4n) is 1.88. The Bertz CT molecular complexity index is 136. The van der Waals surface area contributed by atoms with Crippen molar-refractivity contribution in [1.29, 1.82) is 0 Å². The predicted octanol–water partition coefficient (Wildman–Crippen LogP) is 1.61. The predicted molar refractivity (Wildman–Crippen MR) is 51.2 cm³/mol. The van der Waals surface area contributed by atoms with Crippen molar-refractivity contribution < 1.29 is 4.74 Å². The molecule has 0 bridgehead atoms. The molecule has 0 unspecified atom stereocenters. The fourth-order valence-corrected chi connectivity index (χ4v) is 1.88. The van der Waals surface area contributed by atoms with Crippen LogP contribution < -0.4 is 0 Å². The number of nitrogens with zero attached hydrogens (tertiary/aromatic N) is 1. The van der Waals surface area contributed by atoms with Gasteiger partial charge in [0.15, 0.2) is 0 Å². The molecule has 0 N–H and O–H groups in total. The van der Waals surface area contributed by atoms with E-state index in [2.05, 4.69) is 32.7 Å². The summed E-state index contributed by atoms with van der Waals surface area (Å²) in [6.07, 6.45) is 0. The molecule has 0 radical (unpaired) electrons. The molecule has 2 heteroatoms. The van der Waals surface area contributed by atoms with E-state index >= 15 is 0 Å². The van der Waals surface area contributed by atoms with E-state index < -0.39 is 0 Å². The fraction of sp³-hybridized carbons (Fsp3) is 1.00. The average molecular weight is 171 g/mol. The highest BCUT2D eigenvalue weighted by Gasteiger charge is 2.32. The SMILES string of the molecule is CCN(C)[C@H]1COC[C@@H]1C(C)C. The van der Waals surface area contributed by atoms with Gasteiger partial charge in [0.05, 0.1) is 13.2 Å². The van der Waals surface area contributed by atoms with Crippen molar-refractivity contribution in [3.8, 4) is 0 Å². The third-order valence-electron chi connectivity index (χ3n) is 3.01. The first-order valence-electron chi connectivity index (χ1n) is 4.94. The number of likely N-dealkylation sites (N-methyl/N-ethyl adjacent to an activating group) is 1. The lowest BCUT2D eigenvalue weighted by atomic mass is 9.90. The first kappa shape index (κ1) is 10.0. The Labute approximate surface area is 75.9 Å². The number of hydrogen-bond acceptors (Lipinski definition) is 2. The van der Waals surface area contributed by atoms with Crippen molar-refractivity contribution >= 4 is 0 Å². The highest BCUT2D eigenvalue weighted by Crippen LogP contribution is 2.25. The van der Waals surface area contributed by atoms with Crippen molar-refractivity contribution in [2.24, 2.45) is 11.8 Å². The summed E-state index contributed by atoms with van der Waals surface area (Å²) >= 11 is 0. The maximum Gasteiger partial charge on any atom is 0.0625 e. The lowest BCUT2D eigenvalue weighted by molar-refractivity contribution is 0.162. The van der Waals surface area contributed by atoms with Gasteiger partial charge in [-0.05, 0) is 19.5 Å². The minimum atomic E-state index is 0.648. The maximum atomic E-state index is 5.51. The molecule has 0 aliphatic carbocycles. The lowest BCUT2D eigenvalue weighted by Crippen LogP contribution is -2.39. The van der Waals surface area contributed by atoms with Crippen LogP contribution >= 0.6 is 0 Å². The molecular weight excluding hydrogens is 150 g/mol. The molecule has 1 aliphatic heterocycles. The summed E-state index contributed by atoms with van der Waals surface area (Å²) in [6.45, 7) is 9.78. The molecule has 2 nitrogen and oxygen atoms in total. The molecule has 0 aromatic heterocycles. The molecule has 0 spiro atoms. The molecule has 1 fully saturated rings. The average Bonchev–Trinajstić information content (AvgIpc) is 2.50. The standard InChI is InChI=1S/C10H21NO/c1-5-11(4)10-7-12-6-9(10)8(2)3/h8-10H,5-7H2,1-4H3/t9-,10+/m1/s1. The van der Waals surface area contributed by atoms with E-state index in [4.69, 9.17) is 4.74 Å². The normalized spacial score (nSPS) is 30.5. The van der Waals surface area contributed by atoms with Crippen molar-refractivity contribution in [2.75, 3.05) is 26.8 Å². The molecule has 12 heavy (non-hydrogen) atoms. The van der Waals surface area contributed by atoms with Gasteiger partial charge in [0.25, 0.3) is 0 Å². The van der Waals surface area contributed by atoms with Gasteiger partial charge in [-0.3, -0.25) is 0 Å². The van der Waals surface area contributed by atoms with Crippen LogP contribution in [0.2, 0.25) is 0 Å². The summed E-state index contributed by atoms with van der Waals surface area (Å²) < 4.78 is 5.51. The summed E-state index contributed by atoms with van der Waals surface area (Å²) in [5.74, 6) is 1.47. The summed E-state index contributed by atoms with van der Waals surface area (Å²) in [5.41, 5.74) is 0. The van der Waals surface area contributed by atoms with Crippen LogP contribution in [0.25, 0.3) is 0 Å². The van der Waals surface area contributed by atoms with Gasteiger partial charge < -0.3 is 9.64 Å². The Morgan fingerprint density at radius 3 is 2.58 bits per heavy atom. The Balaban J connectivity index is 2.51. The van der Waals surface area contributed by atoms with Gasteiger partial charge in [0, 0.05) is 12.0 Å². The van der Waals surface area contributed by atoms with Gasteiger partial charge >= 0.3 is 0 Å². The second-order valence-corrected chi connectivity index (χ2v) is 4.09. The van der Waals surface area contributed by atoms with Crippen LogP contribution in [0.4, 0.5) is 0 Å². The largest absolute Gasteiger partial charge is 0.379 e. The summed E-state index contributed by atoms with van der Waals surface area (Å²) in [4.78, 5) is 2.40. The Morgan fingerprint density at radius 1 is 1.42 bits per heavy atom. The maximum absolute atomic E-state index is 5.51. The minimum absolute atomic E-state index is 0.648. The zero-order valence-electron chi connectivity index (χ0n) is 8.71. The van der Waals surface area contributed by atoms with E-state index in [1.165, 1.54) is 0 Å². The van der Waals surface area contributed by atoms with Crippen LogP contribution in [-0.4, -0.2) is 37.7 Å². The topological polar surface area (TPSA) is 12.5 Å². The summed E-state index contributed by atoms with van der Waals surface area (Å²) in [7, 11) is 2.19. The Morgan fingerprint density at radius 2 is 2.08 bits per heavy atom. The first-order chi connectivity index (χ1) is 5.66. The number of rotatable bonds is 3. The molecule has 0 aromatic carbocycles. The molecule has 1 aliphatic rings. The zero-order valence-corrected chi connectivity index (χ0v) is 8.71. The number of hydrogen-bond donors (Lipinski definition) is 0. The van der Waals surface area contributed by atoms with Crippen LogP contribution in [0.1, 0.15) is 20.8 Å². The van der Waals surface area contributed by atoms with E-state index in [9.17, 15) is 0 Å². The first-order valence-corrected chi connectivity index (χ1v) is 4.94. The zero-order chi connectivity index (χ0) is 9.14. The second kappa shape index (κ2) is 4.24. The third kappa shape index (κ3) is 1.99. The van der Waals surface area contributed by atoms with Crippen molar-refractivity contribution in [2.45, 2.75) is 26.8 Å². The van der Waals surface area contributed by atoms with E-state index in [-0.39, 0.29) is 0 Å². The van der Waals surface area contributed by atoms with Crippen molar-refractivity contribution in [3.05, 3.63) is 0 Å². The smallest absolute Gasteiger partial charge is 0.0625 e. The van der Waals surface area contributed by atoms with E-state index in [0.29, 0.717) is 6.04 Å². The monoisotopic (exact) mass is 171 g/mol. The minimum Gasteiger partial charge on any atom is -0.379 e. The highest BCUT2D eigenvalue weighted by molar-refractivity contribution is 4.83. The van der Waals surface area contributed by atoms with E-state index in [1.807, 2.05) is 0 Å². The van der Waals surface area contributed by atoms with Crippen LogP contribution in [0.3, 0.4) is 0 Å². The molecule has 1 heterocycles. The summed E-state index contributed by atoms with van der Waals surface area (Å²) in [6, 6.07) is 0.648. The lowest BCUT2D eigenvalue weighted by Gasteiger charge is -2.28. The third-order valence-corrected chi connectivity index (χ3v) is 3.01. The molecule has 2 atom stereocenters. The Kier molecular flexibility index (Phi) is 3.53. The highest BCUT2D eigenvalue weighted by atomic mass is 16.5. The van der Waals surface area contributed by atoms with Gasteiger partial charge in [-0.25, -0.2) is 0 Å². The van der Waals surface area contributed by atoms with Crippen LogP contribution in [0.5, 0.6) is 0 Å². The number of ether oxygens (including phenoxy) is 1. The summed E-state index contributed by atoms with van der Waals surface area (Å²) in [5, 5.41) is 0. The molecular formula is C10H21NO. The van der Waals surface area contributed by atoms with Gasteiger partial charge in [-0.1, -0.05) is 20.8 Å². The van der Waals surface area contributed by atoms with Crippen molar-refractivity contribution in [3.63, 3.8) is 0 Å². The van der Waals surface area contributed by atoms with Crippen LogP contribution in [0.15, 0.2) is 0 Å². The van der Waals surface area contributed by atoms with E-state index in [1.54, 1.807) is 0 Å². The van der Waals surface area contributed by atoms with Gasteiger partial charge in [0.2, 0.25) is 0 Å². The molecule has 0 saturated carbocycles. The van der Waals surface area contributed by atoms with Gasteiger partial charge in [-0.2, -0.15) is 0 Å². The van der Waals surface area contributed by atoms with Gasteiger partial charge in [0.1, 0.15) is 0 Å². The molecule has 0 amide bonds. The van der Waals surface area contributed by atoms with E-state index in [0.717, 1.165) is 31.6 Å². The molecule has 72 valence electrons. The second-order valence-electron chi connectivity index (χ2n) is 4.09. The molecule has 1 rings (SSSR count). The molecule has 0 aromatic rings. The van der Waals surface area contributed by atoms with Crippen LogP contribution in [-0.2, 0) is 4.74 Å². The van der Waals surface area contributed by atoms with Crippen molar-refractivity contribution in [1.82, 2.24) is 4.90 Å². The van der Waals surface area contributed by atoms with Crippen LogP contribution in [0, 0.1) is 11.8 Å². The quantitative estimate of drug-likeness (QED) is 0.639. The Hall–Kier alpha value is -0.0800.